The van der Waals surface area contributed by atoms with E-state index in [4.69, 9.17) is 0 Å². The van der Waals surface area contributed by atoms with Crippen LogP contribution in [-0.4, -0.2) is 32.0 Å². The third kappa shape index (κ3) is 5.46. The van der Waals surface area contributed by atoms with Crippen molar-refractivity contribution < 1.29 is 0 Å². The van der Waals surface area contributed by atoms with Gasteiger partial charge < -0.3 is 0 Å². The van der Waals surface area contributed by atoms with Crippen molar-refractivity contribution in [3.8, 4) is 0 Å². The van der Waals surface area contributed by atoms with E-state index >= 15 is 0 Å². The van der Waals surface area contributed by atoms with E-state index in [0.29, 0.717) is 19.3 Å². The zero-order valence-electron chi connectivity index (χ0n) is 8.39. The van der Waals surface area contributed by atoms with Gasteiger partial charge in [-0.1, -0.05) is 0 Å². The molecule has 68 valence electrons. The molecule has 0 atom stereocenters. The second-order valence-electron chi connectivity index (χ2n) is 3.01. The van der Waals surface area contributed by atoms with Crippen LogP contribution < -0.4 is 0 Å². The minimum absolute atomic E-state index is 0.0935. The minimum atomic E-state index is -0.0935. The third-order valence-corrected chi connectivity index (χ3v) is 40.1. The number of rotatable bonds is 6. The monoisotopic (exact) mass is 304 g/mol. The van der Waals surface area contributed by atoms with Gasteiger partial charge in [-0.05, 0) is 0 Å². The third-order valence-electron chi connectivity index (χ3n) is 2.21. The predicted octanol–water partition coefficient (Wildman–Crippen LogP) is 2.22. The summed E-state index contributed by atoms with van der Waals surface area (Å²) in [5, 5.41) is 0. The maximum atomic E-state index is 2.43. The molecule has 0 bridgehead atoms. The summed E-state index contributed by atoms with van der Waals surface area (Å²) in [5.74, 6) is 0. The second kappa shape index (κ2) is 7.85. The first kappa shape index (κ1) is 12.2. The Kier molecular flexibility index (Phi) is 8.72. The van der Waals surface area contributed by atoms with Crippen LogP contribution in [0.25, 0.3) is 0 Å². The fourth-order valence-corrected chi connectivity index (χ4v) is 41.4. The average Bonchev–Trinajstić information content (AvgIpc) is 2.07. The van der Waals surface area contributed by atoms with Crippen LogP contribution in [0.4, 0.5) is 0 Å². The fourth-order valence-electron chi connectivity index (χ4n) is 1.23. The predicted molar refractivity (Wildman–Crippen MR) is 62.0 cm³/mol. The Morgan fingerprint density at radius 2 is 1.00 bits per heavy atom. The van der Waals surface area contributed by atoms with E-state index in [9.17, 15) is 0 Å². The van der Waals surface area contributed by atoms with Crippen LogP contribution in [0, 0.1) is 0 Å². The molecule has 0 heterocycles. The van der Waals surface area contributed by atoms with E-state index in [1.807, 2.05) is 0 Å². The Balaban J connectivity index is 3.58. The molecule has 0 N–H and O–H groups in total. The Labute approximate surface area is 83.6 Å². The Bertz CT molecular complexity index is 70.2. The molecule has 0 aliphatic heterocycles. The molecule has 3 heteroatoms. The molecule has 11 heavy (non-hydrogen) atoms. The van der Waals surface area contributed by atoms with Crippen molar-refractivity contribution >= 4 is 32.0 Å². The van der Waals surface area contributed by atoms with Crippen molar-refractivity contribution in [2.24, 2.45) is 0 Å². The maximum absolute atomic E-state index is 2.43. The summed E-state index contributed by atoms with van der Waals surface area (Å²) >= 11 is 0.595. The molecular formula is C8H22Si2Te. The van der Waals surface area contributed by atoms with E-state index in [-0.39, 0.29) is 12.7 Å². The summed E-state index contributed by atoms with van der Waals surface area (Å²) in [6, 6.07) is 6.40. The van der Waals surface area contributed by atoms with Gasteiger partial charge in [0.2, 0.25) is 0 Å². The standard InChI is InChI=1S/C8H22Si2Te/c1-5-9(6-2)11-10(7-3)8-4/h9-10H,5-8H2,1-4H3. The normalized spacial score (nSPS) is 11.5. The van der Waals surface area contributed by atoms with Crippen LogP contribution in [0.15, 0.2) is 0 Å². The van der Waals surface area contributed by atoms with Crippen LogP contribution in [0.5, 0.6) is 0 Å². The van der Waals surface area contributed by atoms with Crippen molar-refractivity contribution in [1.82, 2.24) is 0 Å². The first-order valence-corrected chi connectivity index (χ1v) is 17.2. The van der Waals surface area contributed by atoms with Crippen LogP contribution in [0.3, 0.4) is 0 Å². The van der Waals surface area contributed by atoms with Crippen molar-refractivity contribution in [2.45, 2.75) is 51.9 Å². The summed E-state index contributed by atoms with van der Waals surface area (Å²) in [7, 11) is 0. The molecular weight excluding hydrogens is 280 g/mol. The van der Waals surface area contributed by atoms with Gasteiger partial charge in [0.25, 0.3) is 0 Å². The van der Waals surface area contributed by atoms with Crippen molar-refractivity contribution in [3.63, 3.8) is 0 Å². The molecule has 0 aliphatic rings. The van der Waals surface area contributed by atoms with Gasteiger partial charge in [0.15, 0.2) is 0 Å². The molecule has 0 nitrogen and oxygen atoms in total. The zero-order chi connectivity index (χ0) is 8.69. The van der Waals surface area contributed by atoms with Gasteiger partial charge >= 0.3 is 83.9 Å². The van der Waals surface area contributed by atoms with Crippen molar-refractivity contribution in [3.05, 3.63) is 0 Å². The zero-order valence-corrected chi connectivity index (χ0v) is 13.0. The van der Waals surface area contributed by atoms with Gasteiger partial charge in [-0.15, -0.1) is 0 Å². The van der Waals surface area contributed by atoms with Crippen LogP contribution >= 0.6 is 0 Å². The first-order chi connectivity index (χ1) is 5.28. The Hall–Kier alpha value is 1.22. The molecule has 0 unspecified atom stereocenters. The number of hydrogen-bond donors (Lipinski definition) is 0. The molecule has 0 fully saturated rings. The van der Waals surface area contributed by atoms with Gasteiger partial charge in [0, 0.05) is 0 Å². The molecule has 0 aromatic carbocycles. The van der Waals surface area contributed by atoms with Crippen LogP contribution in [0.1, 0.15) is 27.7 Å². The van der Waals surface area contributed by atoms with Crippen molar-refractivity contribution in [1.29, 1.82) is 0 Å². The fraction of sp³-hybridized carbons (Fsp3) is 1.00. The second-order valence-corrected chi connectivity index (χ2v) is 28.3. The molecule has 0 radical (unpaired) electrons. The number of hydrogen-bond acceptors (Lipinski definition) is 0. The summed E-state index contributed by atoms with van der Waals surface area (Å²) < 4.78 is 0. The van der Waals surface area contributed by atoms with E-state index in [2.05, 4.69) is 27.7 Å². The van der Waals surface area contributed by atoms with E-state index in [1.165, 1.54) is 0 Å². The van der Waals surface area contributed by atoms with Gasteiger partial charge in [-0.2, -0.15) is 0 Å². The molecule has 0 aliphatic carbocycles. The molecule has 0 saturated carbocycles. The summed E-state index contributed by atoms with van der Waals surface area (Å²) in [6.45, 7) is 9.73. The molecule has 0 amide bonds. The molecule has 0 saturated heterocycles. The molecule has 0 rings (SSSR count). The molecule has 0 aromatic heterocycles. The summed E-state index contributed by atoms with van der Waals surface area (Å²) in [6.07, 6.45) is -0.187. The topological polar surface area (TPSA) is 0 Å². The van der Waals surface area contributed by atoms with Gasteiger partial charge in [0.05, 0.1) is 0 Å². The SMILES string of the molecule is CC[SiH](CC)[Te][SiH](CC)CC. The van der Waals surface area contributed by atoms with Gasteiger partial charge in [-0.25, -0.2) is 0 Å². The van der Waals surface area contributed by atoms with E-state index in [0.717, 1.165) is 0 Å². The first-order valence-electron chi connectivity index (χ1n) is 4.93. The molecule has 0 spiro atoms. The van der Waals surface area contributed by atoms with Crippen LogP contribution in [0.2, 0.25) is 24.2 Å². The average molecular weight is 302 g/mol. The summed E-state index contributed by atoms with van der Waals surface area (Å²) in [4.78, 5) is 0. The van der Waals surface area contributed by atoms with Crippen molar-refractivity contribution in [2.75, 3.05) is 0 Å². The van der Waals surface area contributed by atoms with Gasteiger partial charge in [0.1, 0.15) is 0 Å². The Morgan fingerprint density at radius 3 is 1.18 bits per heavy atom. The van der Waals surface area contributed by atoms with E-state index < -0.39 is 0 Å². The molecule has 0 aromatic rings. The van der Waals surface area contributed by atoms with E-state index in [1.54, 1.807) is 24.2 Å². The summed E-state index contributed by atoms with van der Waals surface area (Å²) in [5.41, 5.74) is 0. The van der Waals surface area contributed by atoms with Gasteiger partial charge in [-0.3, -0.25) is 0 Å². The quantitative estimate of drug-likeness (QED) is 0.660. The van der Waals surface area contributed by atoms with Crippen LogP contribution in [-0.2, 0) is 0 Å². The Morgan fingerprint density at radius 1 is 0.727 bits per heavy atom.